The Kier molecular flexibility index (Phi) is 4.65. The van der Waals surface area contributed by atoms with Crippen molar-refractivity contribution in [3.05, 3.63) is 47.6 Å². The zero-order valence-corrected chi connectivity index (χ0v) is 15.3. The Morgan fingerprint density at radius 1 is 1.33 bits per heavy atom. The summed E-state index contributed by atoms with van der Waals surface area (Å²) in [5, 5.41) is 10.3. The topological polar surface area (TPSA) is 100 Å². The summed E-state index contributed by atoms with van der Waals surface area (Å²) in [5.74, 6) is 0.259. The maximum atomic E-state index is 13.6. The van der Waals surface area contributed by atoms with Crippen LogP contribution in [-0.4, -0.2) is 40.1 Å². The number of aryl methyl sites for hydroxylation is 1. The van der Waals surface area contributed by atoms with E-state index < -0.39 is 11.6 Å². The summed E-state index contributed by atoms with van der Waals surface area (Å²) in [6.07, 6.45) is 5.68. The molecule has 2 saturated heterocycles. The molecule has 2 aromatic rings. The van der Waals surface area contributed by atoms with E-state index in [4.69, 9.17) is 4.52 Å². The number of imide groups is 1. The Balaban J connectivity index is 1.69. The zero-order chi connectivity index (χ0) is 18.9. The third-order valence-electron chi connectivity index (χ3n) is 5.48. The lowest BCUT2D eigenvalue weighted by Crippen LogP contribution is -2.53. The number of rotatable bonds is 5. The molecule has 4 rings (SSSR count). The molecule has 0 bridgehead atoms. The Hall–Kier alpha value is -2.74. The molecule has 4 heterocycles. The first-order chi connectivity index (χ1) is 13.1. The maximum absolute atomic E-state index is 13.6. The van der Waals surface area contributed by atoms with Gasteiger partial charge in [0.25, 0.3) is 5.91 Å². The summed E-state index contributed by atoms with van der Waals surface area (Å²) in [6.45, 7) is 3.68. The number of carbonyl (C=O) groups excluding carboxylic acids is 2. The molecule has 142 valence electrons. The zero-order valence-electron chi connectivity index (χ0n) is 15.3. The van der Waals surface area contributed by atoms with E-state index in [9.17, 15) is 9.59 Å². The van der Waals surface area contributed by atoms with Gasteiger partial charge in [0, 0.05) is 24.0 Å². The number of aromatic nitrogens is 2. The summed E-state index contributed by atoms with van der Waals surface area (Å²) in [4.78, 5) is 31.8. The van der Waals surface area contributed by atoms with Crippen LogP contribution in [0.15, 0.2) is 35.1 Å². The molecule has 2 aromatic heterocycles. The van der Waals surface area contributed by atoms with Gasteiger partial charge in [-0.05, 0) is 44.3 Å². The molecule has 0 spiro atoms. The van der Waals surface area contributed by atoms with Crippen LogP contribution in [0.25, 0.3) is 0 Å². The molecule has 0 aromatic carbocycles. The third-order valence-corrected chi connectivity index (χ3v) is 5.48. The number of hydrogen-bond acceptors (Lipinski definition) is 6. The smallest absolute Gasteiger partial charge is 0.325 e. The molecule has 2 N–H and O–H groups in total. The van der Waals surface area contributed by atoms with E-state index in [-0.39, 0.29) is 18.4 Å². The fourth-order valence-corrected chi connectivity index (χ4v) is 4.05. The number of pyridine rings is 1. The van der Waals surface area contributed by atoms with Gasteiger partial charge in [-0.1, -0.05) is 18.1 Å². The van der Waals surface area contributed by atoms with Crippen molar-refractivity contribution in [2.24, 2.45) is 5.92 Å². The maximum Gasteiger partial charge on any atom is 0.325 e. The van der Waals surface area contributed by atoms with Crippen molar-refractivity contribution < 1.29 is 14.1 Å². The van der Waals surface area contributed by atoms with E-state index in [1.54, 1.807) is 24.5 Å². The number of nitrogens with one attached hydrogen (secondary N) is 2. The number of urea groups is 1. The summed E-state index contributed by atoms with van der Waals surface area (Å²) >= 11 is 0. The number of piperidine rings is 1. The van der Waals surface area contributed by atoms with Crippen LogP contribution in [0.3, 0.4) is 0 Å². The van der Waals surface area contributed by atoms with Crippen LogP contribution in [0.1, 0.15) is 36.8 Å². The largest absolute Gasteiger partial charge is 0.359 e. The monoisotopic (exact) mass is 369 g/mol. The van der Waals surface area contributed by atoms with Gasteiger partial charge in [-0.25, -0.2) is 4.79 Å². The average Bonchev–Trinajstić information content (AvgIpc) is 3.28. The molecule has 8 heteroatoms. The quantitative estimate of drug-likeness (QED) is 0.776. The van der Waals surface area contributed by atoms with Gasteiger partial charge in [-0.15, -0.1) is 0 Å². The minimum absolute atomic E-state index is 0.00493. The highest BCUT2D eigenvalue weighted by Gasteiger charge is 2.57. The van der Waals surface area contributed by atoms with E-state index in [0.717, 1.165) is 43.6 Å². The molecule has 1 unspecified atom stereocenters. The molecular formula is C19H23N5O3. The van der Waals surface area contributed by atoms with Gasteiger partial charge in [-0.3, -0.25) is 14.7 Å². The summed E-state index contributed by atoms with van der Waals surface area (Å²) in [6, 6.07) is 5.04. The van der Waals surface area contributed by atoms with Crippen LogP contribution in [0.2, 0.25) is 0 Å². The molecule has 0 radical (unpaired) electrons. The first kappa shape index (κ1) is 17.7. The fraction of sp³-hybridized carbons (Fsp3) is 0.474. The van der Waals surface area contributed by atoms with Crippen molar-refractivity contribution in [3.8, 4) is 0 Å². The lowest BCUT2D eigenvalue weighted by molar-refractivity contribution is -0.134. The number of amides is 3. The van der Waals surface area contributed by atoms with Crippen LogP contribution in [0.5, 0.6) is 0 Å². The van der Waals surface area contributed by atoms with Gasteiger partial charge >= 0.3 is 6.03 Å². The minimum Gasteiger partial charge on any atom is -0.359 e. The summed E-state index contributed by atoms with van der Waals surface area (Å²) < 4.78 is 5.29. The van der Waals surface area contributed by atoms with Gasteiger partial charge in [0.1, 0.15) is 0 Å². The van der Waals surface area contributed by atoms with Crippen molar-refractivity contribution in [1.29, 1.82) is 0 Å². The molecular weight excluding hydrogens is 346 g/mol. The normalized spacial score (nSPS) is 23.7. The van der Waals surface area contributed by atoms with Crippen LogP contribution in [0.4, 0.5) is 4.79 Å². The van der Waals surface area contributed by atoms with Crippen LogP contribution < -0.4 is 10.6 Å². The van der Waals surface area contributed by atoms with E-state index in [0.29, 0.717) is 5.76 Å². The second-order valence-corrected chi connectivity index (χ2v) is 7.03. The number of hydrogen-bond donors (Lipinski definition) is 2. The molecule has 2 aliphatic heterocycles. The average molecular weight is 369 g/mol. The Morgan fingerprint density at radius 3 is 2.81 bits per heavy atom. The van der Waals surface area contributed by atoms with Gasteiger partial charge < -0.3 is 15.2 Å². The van der Waals surface area contributed by atoms with Crippen LogP contribution in [0, 0.1) is 5.92 Å². The molecule has 1 atom stereocenters. The van der Waals surface area contributed by atoms with E-state index in [1.165, 1.54) is 4.90 Å². The van der Waals surface area contributed by atoms with Gasteiger partial charge in [0.2, 0.25) is 0 Å². The van der Waals surface area contributed by atoms with E-state index in [2.05, 4.69) is 20.8 Å². The van der Waals surface area contributed by atoms with E-state index >= 15 is 0 Å². The predicted molar refractivity (Wildman–Crippen MR) is 96.5 cm³/mol. The second-order valence-electron chi connectivity index (χ2n) is 7.03. The standard InChI is InChI=1S/C19H23N5O3/c1-2-15-10-16(27-23-15)12-24-17(25)19(22-18(24)26,13-5-8-20-9-6-13)14-4-3-7-21-11-14/h3-4,7,10-11,13,20H,2,5-6,8-9,12H2,1H3,(H,22,26). The van der Waals surface area contributed by atoms with Crippen molar-refractivity contribution in [3.63, 3.8) is 0 Å². The molecule has 8 nitrogen and oxygen atoms in total. The molecule has 3 amide bonds. The highest BCUT2D eigenvalue weighted by molar-refractivity contribution is 6.07. The number of carbonyl (C=O) groups is 2. The molecule has 27 heavy (non-hydrogen) atoms. The van der Waals surface area contributed by atoms with Crippen molar-refractivity contribution in [2.75, 3.05) is 13.1 Å². The molecule has 2 fully saturated rings. The lowest BCUT2D eigenvalue weighted by Gasteiger charge is -2.37. The van der Waals surface area contributed by atoms with E-state index in [1.807, 2.05) is 13.0 Å². The van der Waals surface area contributed by atoms with Gasteiger partial charge in [0.15, 0.2) is 11.3 Å². The third kappa shape index (κ3) is 2.99. The second kappa shape index (κ2) is 7.11. The lowest BCUT2D eigenvalue weighted by atomic mass is 9.74. The summed E-state index contributed by atoms with van der Waals surface area (Å²) in [7, 11) is 0. The Morgan fingerprint density at radius 2 is 2.15 bits per heavy atom. The SMILES string of the molecule is CCc1cc(CN2C(=O)NC(c3cccnc3)(C3CCNCC3)C2=O)on1. The van der Waals surface area contributed by atoms with Gasteiger partial charge in [0.05, 0.1) is 12.2 Å². The highest BCUT2D eigenvalue weighted by atomic mass is 16.5. The molecule has 2 aliphatic rings. The Labute approximate surface area is 157 Å². The molecule has 0 saturated carbocycles. The molecule has 0 aliphatic carbocycles. The fourth-order valence-electron chi connectivity index (χ4n) is 4.05. The first-order valence-electron chi connectivity index (χ1n) is 9.35. The van der Waals surface area contributed by atoms with Crippen molar-refractivity contribution >= 4 is 11.9 Å². The van der Waals surface area contributed by atoms with Crippen molar-refractivity contribution in [1.82, 2.24) is 25.7 Å². The van der Waals surface area contributed by atoms with Gasteiger partial charge in [-0.2, -0.15) is 0 Å². The van der Waals surface area contributed by atoms with Crippen LogP contribution >= 0.6 is 0 Å². The van der Waals surface area contributed by atoms with Crippen LogP contribution in [-0.2, 0) is 23.3 Å². The first-order valence-corrected chi connectivity index (χ1v) is 9.35. The minimum atomic E-state index is -1.08. The van der Waals surface area contributed by atoms with Crippen molar-refractivity contribution in [2.45, 2.75) is 38.3 Å². The number of nitrogens with zero attached hydrogens (tertiary/aromatic N) is 3. The summed E-state index contributed by atoms with van der Waals surface area (Å²) in [5.41, 5.74) is 0.444. The Bertz CT molecular complexity index is 831. The highest BCUT2D eigenvalue weighted by Crippen LogP contribution is 2.40. The predicted octanol–water partition coefficient (Wildman–Crippen LogP) is 1.58.